The van der Waals surface area contributed by atoms with Crippen LogP contribution in [0.25, 0.3) is 5.65 Å². The Labute approximate surface area is 116 Å². The fourth-order valence-electron chi connectivity index (χ4n) is 2.28. The Morgan fingerprint density at radius 1 is 1.50 bits per heavy atom. The number of morpholine rings is 1. The van der Waals surface area contributed by atoms with Gasteiger partial charge in [-0.3, -0.25) is 9.69 Å². The Hall–Kier alpha value is -1.99. The first-order valence-corrected chi connectivity index (χ1v) is 6.71. The standard InChI is InChI=1S/C13H17N5O2/c1-2-17-7-8-20-10(9-17)13(19)16-12-3-5-14-11-4-6-15-18(11)12/h3-6,10H,2,7-9H2,1H3,(H,16,19). The van der Waals surface area contributed by atoms with E-state index in [4.69, 9.17) is 4.74 Å². The van der Waals surface area contributed by atoms with Gasteiger partial charge in [-0.15, -0.1) is 0 Å². The van der Waals surface area contributed by atoms with Crippen LogP contribution in [-0.4, -0.2) is 57.8 Å². The van der Waals surface area contributed by atoms with Crippen molar-refractivity contribution >= 4 is 17.4 Å². The highest BCUT2D eigenvalue weighted by atomic mass is 16.5. The zero-order valence-electron chi connectivity index (χ0n) is 11.3. The number of hydrogen-bond acceptors (Lipinski definition) is 5. The molecule has 2 aromatic heterocycles. The minimum Gasteiger partial charge on any atom is -0.366 e. The third kappa shape index (κ3) is 2.50. The lowest BCUT2D eigenvalue weighted by molar-refractivity contribution is -0.132. The van der Waals surface area contributed by atoms with Gasteiger partial charge in [-0.25, -0.2) is 4.98 Å². The van der Waals surface area contributed by atoms with Gasteiger partial charge in [0, 0.05) is 25.4 Å². The molecule has 7 nitrogen and oxygen atoms in total. The van der Waals surface area contributed by atoms with Crippen molar-refractivity contribution in [2.45, 2.75) is 13.0 Å². The van der Waals surface area contributed by atoms with Crippen LogP contribution in [0.1, 0.15) is 6.92 Å². The van der Waals surface area contributed by atoms with Gasteiger partial charge in [0.1, 0.15) is 11.9 Å². The van der Waals surface area contributed by atoms with Crippen molar-refractivity contribution in [2.75, 3.05) is 31.6 Å². The van der Waals surface area contributed by atoms with Crippen LogP contribution in [0.2, 0.25) is 0 Å². The van der Waals surface area contributed by atoms with Crippen molar-refractivity contribution in [3.63, 3.8) is 0 Å². The molecule has 1 aliphatic rings. The molecule has 2 aromatic rings. The summed E-state index contributed by atoms with van der Waals surface area (Å²) in [4.78, 5) is 18.6. The second-order valence-corrected chi connectivity index (χ2v) is 4.67. The van der Waals surface area contributed by atoms with E-state index in [1.54, 1.807) is 29.0 Å². The number of nitrogens with one attached hydrogen (secondary N) is 1. The van der Waals surface area contributed by atoms with E-state index >= 15 is 0 Å². The molecular formula is C13H17N5O2. The highest BCUT2D eigenvalue weighted by Gasteiger charge is 2.26. The van der Waals surface area contributed by atoms with Gasteiger partial charge in [-0.05, 0) is 12.6 Å². The maximum atomic E-state index is 12.3. The highest BCUT2D eigenvalue weighted by molar-refractivity contribution is 5.93. The Morgan fingerprint density at radius 2 is 2.40 bits per heavy atom. The van der Waals surface area contributed by atoms with Crippen LogP contribution in [-0.2, 0) is 9.53 Å². The largest absolute Gasteiger partial charge is 0.366 e. The Morgan fingerprint density at radius 3 is 3.25 bits per heavy atom. The number of amides is 1. The van der Waals surface area contributed by atoms with Crippen LogP contribution < -0.4 is 5.32 Å². The summed E-state index contributed by atoms with van der Waals surface area (Å²) < 4.78 is 7.13. The average Bonchev–Trinajstić information content (AvgIpc) is 2.97. The number of carbonyl (C=O) groups is 1. The van der Waals surface area contributed by atoms with Gasteiger partial charge in [-0.2, -0.15) is 9.61 Å². The molecule has 3 rings (SSSR count). The summed E-state index contributed by atoms with van der Waals surface area (Å²) in [7, 11) is 0. The van der Waals surface area contributed by atoms with E-state index in [0.717, 1.165) is 13.1 Å². The molecule has 20 heavy (non-hydrogen) atoms. The molecule has 7 heteroatoms. The van der Waals surface area contributed by atoms with Gasteiger partial charge in [-0.1, -0.05) is 6.92 Å². The molecule has 3 heterocycles. The van der Waals surface area contributed by atoms with Crippen LogP contribution >= 0.6 is 0 Å². The van der Waals surface area contributed by atoms with Crippen LogP contribution in [0.3, 0.4) is 0 Å². The Kier molecular flexibility index (Phi) is 3.62. The number of ether oxygens (including phenoxy) is 1. The van der Waals surface area contributed by atoms with Crippen LogP contribution in [0.4, 0.5) is 5.82 Å². The molecule has 1 unspecified atom stereocenters. The van der Waals surface area contributed by atoms with Crippen molar-refractivity contribution in [3.8, 4) is 0 Å². The molecule has 0 saturated carbocycles. The summed E-state index contributed by atoms with van der Waals surface area (Å²) in [6.45, 7) is 5.08. The van der Waals surface area contributed by atoms with Crippen molar-refractivity contribution in [1.82, 2.24) is 19.5 Å². The lowest BCUT2D eigenvalue weighted by Crippen LogP contribution is -2.47. The van der Waals surface area contributed by atoms with Crippen molar-refractivity contribution in [1.29, 1.82) is 0 Å². The number of nitrogens with zero attached hydrogens (tertiary/aromatic N) is 4. The zero-order chi connectivity index (χ0) is 13.9. The molecule has 1 atom stereocenters. The van der Waals surface area contributed by atoms with Gasteiger partial charge < -0.3 is 10.1 Å². The van der Waals surface area contributed by atoms with Crippen molar-refractivity contribution in [3.05, 3.63) is 24.5 Å². The molecule has 1 fully saturated rings. The number of fused-ring (bicyclic) bond motifs is 1. The molecule has 106 valence electrons. The SMILES string of the molecule is CCN1CCOC(C(=O)Nc2ccnc3ccnn23)C1. The minimum absolute atomic E-state index is 0.147. The maximum Gasteiger partial charge on any atom is 0.255 e. The minimum atomic E-state index is -0.442. The fraction of sp³-hybridized carbons (Fsp3) is 0.462. The molecule has 1 aliphatic heterocycles. The van der Waals surface area contributed by atoms with E-state index in [0.29, 0.717) is 24.6 Å². The topological polar surface area (TPSA) is 71.8 Å². The molecule has 0 radical (unpaired) electrons. The summed E-state index contributed by atoms with van der Waals surface area (Å²) >= 11 is 0. The first kappa shape index (κ1) is 13.0. The van der Waals surface area contributed by atoms with Gasteiger partial charge in [0.2, 0.25) is 0 Å². The Bertz CT molecular complexity index is 612. The van der Waals surface area contributed by atoms with Crippen molar-refractivity contribution in [2.24, 2.45) is 0 Å². The molecule has 0 aromatic carbocycles. The third-order valence-electron chi connectivity index (χ3n) is 3.43. The summed E-state index contributed by atoms with van der Waals surface area (Å²) in [5.41, 5.74) is 0.697. The van der Waals surface area contributed by atoms with Crippen LogP contribution in [0, 0.1) is 0 Å². The molecule has 0 bridgehead atoms. The molecule has 0 spiro atoms. The number of anilines is 1. The van der Waals surface area contributed by atoms with E-state index in [1.165, 1.54) is 0 Å². The van der Waals surface area contributed by atoms with E-state index in [-0.39, 0.29) is 5.91 Å². The van der Waals surface area contributed by atoms with Gasteiger partial charge in [0.15, 0.2) is 5.65 Å². The average molecular weight is 275 g/mol. The first-order valence-electron chi connectivity index (χ1n) is 6.71. The summed E-state index contributed by atoms with van der Waals surface area (Å²) in [6, 6.07) is 3.50. The zero-order valence-corrected chi connectivity index (χ0v) is 11.3. The number of likely N-dealkylation sites (N-methyl/N-ethyl adjacent to an activating group) is 1. The van der Waals surface area contributed by atoms with E-state index in [2.05, 4.69) is 27.2 Å². The van der Waals surface area contributed by atoms with Gasteiger partial charge >= 0.3 is 0 Å². The van der Waals surface area contributed by atoms with E-state index < -0.39 is 6.10 Å². The predicted octanol–water partition coefficient (Wildman–Crippen LogP) is 0.388. The number of carbonyl (C=O) groups excluding carboxylic acids is 1. The highest BCUT2D eigenvalue weighted by Crippen LogP contribution is 2.11. The maximum absolute atomic E-state index is 12.3. The third-order valence-corrected chi connectivity index (χ3v) is 3.43. The summed E-state index contributed by atoms with van der Waals surface area (Å²) in [5.74, 6) is 0.452. The monoisotopic (exact) mass is 275 g/mol. The quantitative estimate of drug-likeness (QED) is 0.877. The van der Waals surface area contributed by atoms with E-state index in [1.807, 2.05) is 0 Å². The number of aromatic nitrogens is 3. The second kappa shape index (κ2) is 5.56. The Balaban J connectivity index is 1.74. The second-order valence-electron chi connectivity index (χ2n) is 4.67. The summed E-state index contributed by atoms with van der Waals surface area (Å²) in [5, 5.41) is 6.99. The van der Waals surface area contributed by atoms with Crippen LogP contribution in [0.5, 0.6) is 0 Å². The molecule has 1 saturated heterocycles. The van der Waals surface area contributed by atoms with E-state index in [9.17, 15) is 4.79 Å². The number of hydrogen-bond donors (Lipinski definition) is 1. The van der Waals surface area contributed by atoms with Gasteiger partial charge in [0.25, 0.3) is 5.91 Å². The molecule has 1 amide bonds. The lowest BCUT2D eigenvalue weighted by atomic mass is 10.2. The first-order chi connectivity index (χ1) is 9.78. The normalized spacial score (nSPS) is 20.1. The summed E-state index contributed by atoms with van der Waals surface area (Å²) in [6.07, 6.45) is 2.85. The fourth-order valence-corrected chi connectivity index (χ4v) is 2.28. The lowest BCUT2D eigenvalue weighted by Gasteiger charge is -2.31. The molecule has 0 aliphatic carbocycles. The number of rotatable bonds is 3. The van der Waals surface area contributed by atoms with Crippen molar-refractivity contribution < 1.29 is 9.53 Å². The predicted molar refractivity (Wildman–Crippen MR) is 73.5 cm³/mol. The molecular weight excluding hydrogens is 258 g/mol. The van der Waals surface area contributed by atoms with Crippen LogP contribution in [0.15, 0.2) is 24.5 Å². The van der Waals surface area contributed by atoms with Gasteiger partial charge in [0.05, 0.1) is 12.8 Å². The molecule has 1 N–H and O–H groups in total. The smallest absolute Gasteiger partial charge is 0.255 e.